The van der Waals surface area contributed by atoms with Gasteiger partial charge in [0.25, 0.3) is 0 Å². The van der Waals surface area contributed by atoms with Gasteiger partial charge in [0.1, 0.15) is 6.29 Å². The normalized spacial score (nSPS) is 9.69. The molecule has 0 aliphatic carbocycles. The van der Waals surface area contributed by atoms with Gasteiger partial charge in [-0.3, -0.25) is 9.59 Å². The maximum atomic E-state index is 11.3. The van der Waals surface area contributed by atoms with Crippen molar-refractivity contribution in [1.29, 1.82) is 0 Å². The number of Topliss-reactive ketones (excluding diaryl/α,β-unsaturated/α-hetero) is 1. The lowest BCUT2D eigenvalue weighted by Crippen LogP contribution is -2.00. The van der Waals surface area contributed by atoms with Crippen LogP contribution < -0.4 is 0 Å². The van der Waals surface area contributed by atoms with Crippen LogP contribution >= 0.6 is 22.6 Å². The van der Waals surface area contributed by atoms with Gasteiger partial charge >= 0.3 is 0 Å². The van der Waals surface area contributed by atoms with Gasteiger partial charge < -0.3 is 0 Å². The highest BCUT2D eigenvalue weighted by Crippen LogP contribution is 2.15. The van der Waals surface area contributed by atoms with E-state index in [2.05, 4.69) is 22.6 Å². The topological polar surface area (TPSA) is 34.1 Å². The Labute approximate surface area is 90.5 Å². The van der Waals surface area contributed by atoms with Gasteiger partial charge in [-0.2, -0.15) is 0 Å². The average molecular weight is 288 g/mol. The minimum Gasteiger partial charge on any atom is -0.298 e. The van der Waals surface area contributed by atoms with Crippen molar-refractivity contribution in [2.45, 2.75) is 13.3 Å². The molecule has 0 radical (unpaired) electrons. The maximum absolute atomic E-state index is 11.3. The molecule has 0 spiro atoms. The number of hydrogen-bond acceptors (Lipinski definition) is 2. The smallest absolute Gasteiger partial charge is 0.163 e. The van der Waals surface area contributed by atoms with Crippen LogP contribution in [0.5, 0.6) is 0 Å². The zero-order chi connectivity index (χ0) is 9.84. The SMILES string of the molecule is CCC(=O)c1ccc(C=O)cc1I. The van der Waals surface area contributed by atoms with Crippen LogP contribution in [0.25, 0.3) is 0 Å². The number of halogens is 1. The van der Waals surface area contributed by atoms with E-state index in [4.69, 9.17) is 0 Å². The number of hydrogen-bond donors (Lipinski definition) is 0. The van der Waals surface area contributed by atoms with E-state index >= 15 is 0 Å². The Morgan fingerprint density at radius 3 is 2.69 bits per heavy atom. The molecule has 0 bridgehead atoms. The summed E-state index contributed by atoms with van der Waals surface area (Å²) in [6.45, 7) is 1.83. The summed E-state index contributed by atoms with van der Waals surface area (Å²) in [7, 11) is 0. The standard InChI is InChI=1S/C10H9IO2/c1-2-10(13)8-4-3-7(6-12)5-9(8)11/h3-6H,2H2,1H3. The van der Waals surface area contributed by atoms with Crippen LogP contribution in [-0.4, -0.2) is 12.1 Å². The fourth-order valence-corrected chi connectivity index (χ4v) is 1.86. The van der Waals surface area contributed by atoms with Crippen LogP contribution in [-0.2, 0) is 0 Å². The molecule has 3 heteroatoms. The first-order chi connectivity index (χ1) is 6.19. The molecular weight excluding hydrogens is 279 g/mol. The van der Waals surface area contributed by atoms with Crippen molar-refractivity contribution >= 4 is 34.7 Å². The number of aldehydes is 1. The average Bonchev–Trinajstić information content (AvgIpc) is 2.16. The minimum atomic E-state index is 0.113. The van der Waals surface area contributed by atoms with Gasteiger partial charge in [0.2, 0.25) is 0 Å². The number of benzene rings is 1. The van der Waals surface area contributed by atoms with Crippen molar-refractivity contribution in [2.75, 3.05) is 0 Å². The Kier molecular flexibility index (Phi) is 3.59. The molecule has 1 aromatic carbocycles. The van der Waals surface area contributed by atoms with Crippen molar-refractivity contribution < 1.29 is 9.59 Å². The Bertz CT molecular complexity index is 345. The second-order valence-corrected chi connectivity index (χ2v) is 3.80. The van der Waals surface area contributed by atoms with Gasteiger partial charge in [-0.05, 0) is 34.7 Å². The first-order valence-electron chi connectivity index (χ1n) is 3.97. The van der Waals surface area contributed by atoms with Crippen LogP contribution in [0.3, 0.4) is 0 Å². The van der Waals surface area contributed by atoms with E-state index in [1.165, 1.54) is 0 Å². The summed E-state index contributed by atoms with van der Waals surface area (Å²) >= 11 is 2.07. The first kappa shape index (κ1) is 10.4. The van der Waals surface area contributed by atoms with Crippen molar-refractivity contribution in [3.05, 3.63) is 32.9 Å². The molecule has 0 heterocycles. The van der Waals surface area contributed by atoms with Gasteiger partial charge in [0.05, 0.1) is 0 Å². The highest BCUT2D eigenvalue weighted by Gasteiger charge is 2.07. The van der Waals surface area contributed by atoms with Gasteiger partial charge in [0, 0.05) is 21.1 Å². The molecule has 0 saturated heterocycles. The van der Waals surface area contributed by atoms with E-state index in [1.54, 1.807) is 18.2 Å². The zero-order valence-corrected chi connectivity index (χ0v) is 9.37. The lowest BCUT2D eigenvalue weighted by Gasteiger charge is -2.01. The van der Waals surface area contributed by atoms with Gasteiger partial charge in [-0.25, -0.2) is 0 Å². The van der Waals surface area contributed by atoms with Crippen molar-refractivity contribution in [2.24, 2.45) is 0 Å². The molecule has 0 saturated carbocycles. The summed E-state index contributed by atoms with van der Waals surface area (Å²) in [5, 5.41) is 0. The summed E-state index contributed by atoms with van der Waals surface area (Å²) in [5.74, 6) is 0.113. The molecule has 0 aliphatic rings. The van der Waals surface area contributed by atoms with Gasteiger partial charge in [-0.15, -0.1) is 0 Å². The molecule has 0 aromatic heterocycles. The number of carbonyl (C=O) groups excluding carboxylic acids is 2. The second-order valence-electron chi connectivity index (χ2n) is 2.63. The van der Waals surface area contributed by atoms with Crippen molar-refractivity contribution in [3.8, 4) is 0 Å². The third-order valence-electron chi connectivity index (χ3n) is 1.75. The zero-order valence-electron chi connectivity index (χ0n) is 7.21. The fourth-order valence-electron chi connectivity index (χ4n) is 1.02. The lowest BCUT2D eigenvalue weighted by atomic mass is 10.1. The number of ketones is 1. The first-order valence-corrected chi connectivity index (χ1v) is 5.04. The van der Waals surface area contributed by atoms with Crippen LogP contribution in [0.4, 0.5) is 0 Å². The predicted molar refractivity (Wildman–Crippen MR) is 59.2 cm³/mol. The Morgan fingerprint density at radius 2 is 2.23 bits per heavy atom. The highest BCUT2D eigenvalue weighted by atomic mass is 127. The summed E-state index contributed by atoms with van der Waals surface area (Å²) in [5.41, 5.74) is 1.31. The third-order valence-corrected chi connectivity index (χ3v) is 2.64. The molecule has 68 valence electrons. The second kappa shape index (κ2) is 4.50. The Balaban J connectivity index is 3.12. The molecule has 0 aliphatic heterocycles. The number of rotatable bonds is 3. The van der Waals surface area contributed by atoms with E-state index in [1.807, 2.05) is 6.92 Å². The van der Waals surface area contributed by atoms with E-state index in [0.717, 1.165) is 9.86 Å². The summed E-state index contributed by atoms with van der Waals surface area (Å²) in [4.78, 5) is 21.8. The molecule has 0 amide bonds. The summed E-state index contributed by atoms with van der Waals surface area (Å²) in [6.07, 6.45) is 1.28. The molecule has 13 heavy (non-hydrogen) atoms. The van der Waals surface area contributed by atoms with Crippen LogP contribution in [0.2, 0.25) is 0 Å². The van der Waals surface area contributed by atoms with E-state index in [-0.39, 0.29) is 5.78 Å². The van der Waals surface area contributed by atoms with Crippen molar-refractivity contribution in [1.82, 2.24) is 0 Å². The highest BCUT2D eigenvalue weighted by molar-refractivity contribution is 14.1. The third kappa shape index (κ3) is 2.37. The van der Waals surface area contributed by atoms with E-state index in [9.17, 15) is 9.59 Å². The predicted octanol–water partition coefficient (Wildman–Crippen LogP) is 2.70. The molecule has 1 aromatic rings. The Morgan fingerprint density at radius 1 is 1.54 bits per heavy atom. The molecular formula is C10H9IO2. The monoisotopic (exact) mass is 288 g/mol. The van der Waals surface area contributed by atoms with Crippen molar-refractivity contribution in [3.63, 3.8) is 0 Å². The van der Waals surface area contributed by atoms with Gasteiger partial charge in [-0.1, -0.05) is 13.0 Å². The quantitative estimate of drug-likeness (QED) is 0.487. The van der Waals surface area contributed by atoms with Gasteiger partial charge in [0.15, 0.2) is 5.78 Å². The molecule has 0 atom stereocenters. The lowest BCUT2D eigenvalue weighted by molar-refractivity contribution is 0.0986. The van der Waals surface area contributed by atoms with Crippen LogP contribution in [0.1, 0.15) is 34.1 Å². The van der Waals surface area contributed by atoms with Crippen LogP contribution in [0.15, 0.2) is 18.2 Å². The molecule has 1 rings (SSSR count). The molecule has 0 fully saturated rings. The van der Waals surface area contributed by atoms with E-state index < -0.39 is 0 Å². The molecule has 0 unspecified atom stereocenters. The largest absolute Gasteiger partial charge is 0.298 e. The van der Waals surface area contributed by atoms with E-state index in [0.29, 0.717) is 17.5 Å². The maximum Gasteiger partial charge on any atom is 0.163 e. The summed E-state index contributed by atoms with van der Waals surface area (Å²) in [6, 6.07) is 5.09. The summed E-state index contributed by atoms with van der Waals surface area (Å²) < 4.78 is 0.842. The van der Waals surface area contributed by atoms with Crippen LogP contribution in [0, 0.1) is 3.57 Å². The minimum absolute atomic E-state index is 0.113. The molecule has 2 nitrogen and oxygen atoms in total. The molecule has 0 N–H and O–H groups in total. The number of carbonyl (C=O) groups is 2. The fraction of sp³-hybridized carbons (Fsp3) is 0.200. The Hall–Kier alpha value is -0.710.